The first-order valence-corrected chi connectivity index (χ1v) is 19.2. The molecule has 9 heteroatoms. The van der Waals surface area contributed by atoms with Crippen molar-refractivity contribution in [3.63, 3.8) is 0 Å². The van der Waals surface area contributed by atoms with E-state index >= 15 is 0 Å². The van der Waals surface area contributed by atoms with E-state index in [4.69, 9.17) is 14.8 Å². The summed E-state index contributed by atoms with van der Waals surface area (Å²) in [5, 5.41) is 13.5. The Morgan fingerprint density at radius 2 is 1.23 bits per heavy atom. The molecule has 0 aliphatic carbocycles. The molecule has 0 rings (SSSR count). The Hall–Kier alpha value is -2.32. The fraction of sp³-hybridized carbons (Fsp3) is 0.605. The molecule has 8 nitrogen and oxygen atoms in total. The molecule has 0 aromatic heterocycles. The van der Waals surface area contributed by atoms with Gasteiger partial charge in [0.15, 0.2) is 0 Å². The lowest BCUT2D eigenvalue weighted by molar-refractivity contribution is -0.123. The number of hydrogen-bond donors (Lipinski definition) is 4. The number of nitrogens with one attached hydrogen (secondary N) is 1. The van der Waals surface area contributed by atoms with E-state index in [1.807, 2.05) is 6.08 Å². The van der Waals surface area contributed by atoms with E-state index in [-0.39, 0.29) is 32.1 Å². The van der Waals surface area contributed by atoms with Gasteiger partial charge in [-0.25, -0.2) is 4.57 Å². The summed E-state index contributed by atoms with van der Waals surface area (Å²) in [5.74, 6) is -0.255. The Kier molecular flexibility index (Phi) is 31.9. The molecule has 0 fully saturated rings. The van der Waals surface area contributed by atoms with Gasteiger partial charge in [-0.1, -0.05) is 112 Å². The van der Waals surface area contributed by atoms with Gasteiger partial charge in [-0.2, -0.15) is 0 Å². The maximum atomic E-state index is 12.6. The molecule has 3 unspecified atom stereocenters. The Balaban J connectivity index is 4.55. The molecule has 268 valence electrons. The lowest BCUT2D eigenvalue weighted by Crippen LogP contribution is -2.45. The molecular weight excluding hydrogens is 611 g/mol. The zero-order valence-corrected chi connectivity index (χ0v) is 30.1. The van der Waals surface area contributed by atoms with Crippen LogP contribution in [0.4, 0.5) is 0 Å². The van der Waals surface area contributed by atoms with Crippen molar-refractivity contribution < 1.29 is 28.4 Å². The summed E-state index contributed by atoms with van der Waals surface area (Å²) in [6.45, 7) is 3.87. The fourth-order valence-corrected chi connectivity index (χ4v) is 5.03. The number of carbonyl (C=O) groups excluding carboxylic acids is 1. The summed E-state index contributed by atoms with van der Waals surface area (Å²) in [7, 11) is -4.36. The molecule has 0 heterocycles. The standard InChI is InChI=1S/C38H65N2O6P/c1-3-5-7-9-11-13-15-17-18-20-22-24-26-28-30-32-38(42)40-36(35-46-47(43,44)45-34-33-39)37(41)31-29-27-25-23-21-19-16-14-12-10-8-6-4-2/h5,7,11-14,17-18,21-24,29,31,36-37,41H,3-4,6,8-10,15-16,19-20,25-28,30,32-35,39H2,1-2H3,(H,40,42)(H,43,44)/b7-5-,13-11-,14-12+,18-17-,23-21+,24-22-,31-29+. The third-order valence-corrected chi connectivity index (χ3v) is 7.92. The molecule has 0 saturated heterocycles. The average Bonchev–Trinajstić information content (AvgIpc) is 3.05. The summed E-state index contributed by atoms with van der Waals surface area (Å²) >= 11 is 0. The topological polar surface area (TPSA) is 131 Å². The molecule has 47 heavy (non-hydrogen) atoms. The molecule has 1 amide bonds. The molecule has 5 N–H and O–H groups in total. The Labute approximate surface area is 286 Å². The van der Waals surface area contributed by atoms with Gasteiger partial charge in [0.1, 0.15) is 0 Å². The van der Waals surface area contributed by atoms with Crippen molar-refractivity contribution in [3.8, 4) is 0 Å². The predicted octanol–water partition coefficient (Wildman–Crippen LogP) is 9.10. The smallest absolute Gasteiger partial charge is 0.387 e. The highest BCUT2D eigenvalue weighted by Gasteiger charge is 2.26. The molecule has 0 aliphatic rings. The van der Waals surface area contributed by atoms with Gasteiger partial charge >= 0.3 is 7.82 Å². The number of carbonyl (C=O) groups is 1. The van der Waals surface area contributed by atoms with Crippen molar-refractivity contribution in [1.82, 2.24) is 5.32 Å². The van der Waals surface area contributed by atoms with Crippen LogP contribution in [0.1, 0.15) is 117 Å². The molecule has 0 aromatic carbocycles. The van der Waals surface area contributed by atoms with E-state index in [2.05, 4.69) is 92.1 Å². The minimum absolute atomic E-state index is 0.0601. The quantitative estimate of drug-likeness (QED) is 0.0327. The normalized spacial score (nSPS) is 15.4. The Morgan fingerprint density at radius 3 is 1.81 bits per heavy atom. The zero-order chi connectivity index (χ0) is 34.7. The van der Waals surface area contributed by atoms with Crippen molar-refractivity contribution in [2.24, 2.45) is 5.73 Å². The fourth-order valence-electron chi connectivity index (χ4n) is 4.27. The summed E-state index contributed by atoms with van der Waals surface area (Å²) in [5.41, 5.74) is 5.34. The number of phosphoric acid groups is 1. The van der Waals surface area contributed by atoms with E-state index < -0.39 is 20.0 Å². The van der Waals surface area contributed by atoms with Crippen LogP contribution < -0.4 is 11.1 Å². The van der Waals surface area contributed by atoms with Crippen LogP contribution in [0.3, 0.4) is 0 Å². The molecule has 0 spiro atoms. The number of unbranched alkanes of at least 4 members (excludes halogenated alkanes) is 7. The number of amides is 1. The van der Waals surface area contributed by atoms with Gasteiger partial charge in [-0.3, -0.25) is 13.8 Å². The second kappa shape index (κ2) is 33.6. The lowest BCUT2D eigenvalue weighted by atomic mass is 10.1. The van der Waals surface area contributed by atoms with E-state index in [9.17, 15) is 19.4 Å². The second-order valence-electron chi connectivity index (χ2n) is 11.3. The van der Waals surface area contributed by atoms with Crippen molar-refractivity contribution in [2.45, 2.75) is 129 Å². The number of aliphatic hydroxyl groups is 1. The number of hydrogen-bond acceptors (Lipinski definition) is 6. The van der Waals surface area contributed by atoms with Gasteiger partial charge in [0.25, 0.3) is 0 Å². The lowest BCUT2D eigenvalue weighted by Gasteiger charge is -2.23. The van der Waals surface area contributed by atoms with Crippen LogP contribution in [0.2, 0.25) is 0 Å². The van der Waals surface area contributed by atoms with Crippen LogP contribution in [0, 0.1) is 0 Å². The van der Waals surface area contributed by atoms with Gasteiger partial charge in [0.05, 0.1) is 25.4 Å². The molecule has 0 aromatic rings. The minimum atomic E-state index is -4.36. The first-order chi connectivity index (χ1) is 22.9. The minimum Gasteiger partial charge on any atom is -0.387 e. The summed E-state index contributed by atoms with van der Waals surface area (Å²) < 4.78 is 21.9. The van der Waals surface area contributed by atoms with Crippen LogP contribution in [-0.4, -0.2) is 47.8 Å². The van der Waals surface area contributed by atoms with E-state index in [1.54, 1.807) is 6.08 Å². The maximum Gasteiger partial charge on any atom is 0.472 e. The van der Waals surface area contributed by atoms with Crippen LogP contribution in [0.25, 0.3) is 0 Å². The number of aliphatic hydroxyl groups excluding tert-OH is 1. The van der Waals surface area contributed by atoms with Crippen molar-refractivity contribution in [3.05, 3.63) is 85.1 Å². The summed E-state index contributed by atoms with van der Waals surface area (Å²) in [6, 6.07) is -0.908. The molecule has 0 aliphatic heterocycles. The molecule has 0 saturated carbocycles. The number of nitrogens with two attached hydrogens (primary N) is 1. The van der Waals surface area contributed by atoms with Gasteiger partial charge in [-0.15, -0.1) is 0 Å². The van der Waals surface area contributed by atoms with Crippen molar-refractivity contribution >= 4 is 13.7 Å². The number of phosphoric ester groups is 1. The maximum absolute atomic E-state index is 12.6. The second-order valence-corrected chi connectivity index (χ2v) is 12.8. The van der Waals surface area contributed by atoms with Gasteiger partial charge < -0.3 is 21.1 Å². The number of rotatable bonds is 31. The van der Waals surface area contributed by atoms with Gasteiger partial charge in [0, 0.05) is 13.0 Å². The monoisotopic (exact) mass is 676 g/mol. The largest absolute Gasteiger partial charge is 0.472 e. The molecule has 0 radical (unpaired) electrons. The Bertz CT molecular complexity index is 1000. The van der Waals surface area contributed by atoms with Crippen LogP contribution in [0.5, 0.6) is 0 Å². The summed E-state index contributed by atoms with van der Waals surface area (Å²) in [4.78, 5) is 22.5. The predicted molar refractivity (Wildman–Crippen MR) is 198 cm³/mol. The van der Waals surface area contributed by atoms with Crippen LogP contribution >= 0.6 is 7.82 Å². The van der Waals surface area contributed by atoms with E-state index in [0.717, 1.165) is 70.6 Å². The highest BCUT2D eigenvalue weighted by Crippen LogP contribution is 2.43. The summed E-state index contributed by atoms with van der Waals surface area (Å²) in [6.07, 6.45) is 43.5. The van der Waals surface area contributed by atoms with Crippen LogP contribution in [0.15, 0.2) is 85.1 Å². The molecule has 3 atom stereocenters. The SMILES string of the molecule is CC/C=C\C/C=C\C/C=C\C/C=C\CCCCC(=O)NC(COP(=O)(O)OCCN)C(O)/C=C/CC/C=C/CC/C=C/CCCCC. The highest BCUT2D eigenvalue weighted by atomic mass is 31.2. The van der Waals surface area contributed by atoms with Gasteiger partial charge in [0.2, 0.25) is 5.91 Å². The van der Waals surface area contributed by atoms with Crippen molar-refractivity contribution in [1.29, 1.82) is 0 Å². The van der Waals surface area contributed by atoms with Crippen LogP contribution in [-0.2, 0) is 18.4 Å². The van der Waals surface area contributed by atoms with E-state index in [0.29, 0.717) is 6.42 Å². The first kappa shape index (κ1) is 44.7. The third-order valence-electron chi connectivity index (χ3n) is 6.93. The molecule has 0 bridgehead atoms. The average molecular weight is 677 g/mol. The Morgan fingerprint density at radius 1 is 0.723 bits per heavy atom. The third kappa shape index (κ3) is 32.0. The van der Waals surface area contributed by atoms with Gasteiger partial charge in [-0.05, 0) is 83.5 Å². The van der Waals surface area contributed by atoms with Crippen molar-refractivity contribution in [2.75, 3.05) is 19.8 Å². The zero-order valence-electron chi connectivity index (χ0n) is 29.2. The number of allylic oxidation sites excluding steroid dienone is 13. The highest BCUT2D eigenvalue weighted by molar-refractivity contribution is 7.47. The van der Waals surface area contributed by atoms with E-state index in [1.165, 1.54) is 19.3 Å². The first-order valence-electron chi connectivity index (χ1n) is 17.7. The molecular formula is C38H65N2O6P.